The minimum absolute atomic E-state index is 0.210. The number of nitrogens with one attached hydrogen (secondary N) is 1. The molecule has 2 aromatic rings. The molecular formula is C14H11N3O. The van der Waals surface area contributed by atoms with Gasteiger partial charge < -0.3 is 5.32 Å². The Morgan fingerprint density at radius 3 is 2.89 bits per heavy atom. The second kappa shape index (κ2) is 5.60. The molecule has 0 fully saturated rings. The summed E-state index contributed by atoms with van der Waals surface area (Å²) in [6.45, 7) is 0.371. The van der Waals surface area contributed by atoms with Gasteiger partial charge in [-0.15, -0.1) is 0 Å². The first-order valence-corrected chi connectivity index (χ1v) is 5.48. The maximum Gasteiger partial charge on any atom is 0.251 e. The van der Waals surface area contributed by atoms with Crippen LogP contribution in [0, 0.1) is 11.3 Å². The molecule has 88 valence electrons. The second-order valence-electron chi connectivity index (χ2n) is 3.70. The summed E-state index contributed by atoms with van der Waals surface area (Å²) in [6.07, 6.45) is 1.68. The van der Waals surface area contributed by atoms with E-state index in [1.165, 1.54) is 0 Å². The van der Waals surface area contributed by atoms with Crippen molar-refractivity contribution < 1.29 is 4.79 Å². The number of nitriles is 1. The van der Waals surface area contributed by atoms with Crippen molar-refractivity contribution in [2.75, 3.05) is 0 Å². The van der Waals surface area contributed by atoms with Crippen molar-refractivity contribution in [3.63, 3.8) is 0 Å². The number of benzene rings is 1. The van der Waals surface area contributed by atoms with Crippen molar-refractivity contribution in [2.45, 2.75) is 6.54 Å². The van der Waals surface area contributed by atoms with Crippen LogP contribution in [0.3, 0.4) is 0 Å². The zero-order valence-corrected chi connectivity index (χ0v) is 9.63. The third-order valence-corrected chi connectivity index (χ3v) is 2.41. The Morgan fingerprint density at radius 1 is 1.28 bits per heavy atom. The smallest absolute Gasteiger partial charge is 0.251 e. The van der Waals surface area contributed by atoms with Crippen LogP contribution in [0.1, 0.15) is 21.6 Å². The predicted octanol–water partition coefficient (Wildman–Crippen LogP) is 1.88. The first-order valence-electron chi connectivity index (χ1n) is 5.48. The van der Waals surface area contributed by atoms with E-state index >= 15 is 0 Å². The molecule has 0 spiro atoms. The topological polar surface area (TPSA) is 65.8 Å². The van der Waals surface area contributed by atoms with Crippen molar-refractivity contribution in [2.24, 2.45) is 0 Å². The van der Waals surface area contributed by atoms with Crippen LogP contribution < -0.4 is 5.32 Å². The van der Waals surface area contributed by atoms with E-state index < -0.39 is 0 Å². The van der Waals surface area contributed by atoms with Gasteiger partial charge in [0.15, 0.2) is 0 Å². The standard InChI is InChI=1S/C14H11N3O/c15-9-11-4-3-5-12(8-11)14(18)17-10-13-6-1-2-7-16-13/h1-8H,10H2,(H,17,18). The Balaban J connectivity index is 2.02. The molecule has 1 N–H and O–H groups in total. The number of hydrogen-bond donors (Lipinski definition) is 1. The fraction of sp³-hybridized carbons (Fsp3) is 0.0714. The van der Waals surface area contributed by atoms with E-state index in [9.17, 15) is 4.79 Å². The molecule has 0 aliphatic carbocycles. The molecule has 0 bridgehead atoms. The molecule has 0 aliphatic heterocycles. The lowest BCUT2D eigenvalue weighted by Crippen LogP contribution is -2.23. The van der Waals surface area contributed by atoms with Crippen molar-refractivity contribution in [1.29, 1.82) is 5.26 Å². The van der Waals surface area contributed by atoms with Gasteiger partial charge in [-0.3, -0.25) is 9.78 Å². The molecule has 18 heavy (non-hydrogen) atoms. The molecule has 1 amide bonds. The zero-order chi connectivity index (χ0) is 12.8. The maximum atomic E-state index is 11.8. The zero-order valence-electron chi connectivity index (χ0n) is 9.63. The fourth-order valence-electron chi connectivity index (χ4n) is 1.51. The van der Waals surface area contributed by atoms with E-state index in [-0.39, 0.29) is 5.91 Å². The van der Waals surface area contributed by atoms with Gasteiger partial charge in [0.2, 0.25) is 0 Å². The van der Waals surface area contributed by atoms with Gasteiger partial charge in [-0.1, -0.05) is 12.1 Å². The van der Waals surface area contributed by atoms with Crippen LogP contribution in [0.5, 0.6) is 0 Å². The summed E-state index contributed by atoms with van der Waals surface area (Å²) in [5.74, 6) is -0.210. The minimum Gasteiger partial charge on any atom is -0.346 e. The molecule has 4 heteroatoms. The van der Waals surface area contributed by atoms with Crippen LogP contribution >= 0.6 is 0 Å². The number of amides is 1. The number of hydrogen-bond acceptors (Lipinski definition) is 3. The Labute approximate surface area is 105 Å². The van der Waals surface area contributed by atoms with Gasteiger partial charge in [0.1, 0.15) is 0 Å². The summed E-state index contributed by atoms with van der Waals surface area (Å²) in [5.41, 5.74) is 1.74. The lowest BCUT2D eigenvalue weighted by molar-refractivity contribution is 0.0950. The number of rotatable bonds is 3. The van der Waals surface area contributed by atoms with E-state index in [0.717, 1.165) is 5.69 Å². The summed E-state index contributed by atoms with van der Waals surface area (Å²) in [7, 11) is 0. The van der Waals surface area contributed by atoms with Crippen LogP contribution in [-0.4, -0.2) is 10.9 Å². The third-order valence-electron chi connectivity index (χ3n) is 2.41. The molecular weight excluding hydrogens is 226 g/mol. The number of aromatic nitrogens is 1. The molecule has 0 radical (unpaired) electrons. The first kappa shape index (κ1) is 11.8. The van der Waals surface area contributed by atoms with Crippen molar-refractivity contribution >= 4 is 5.91 Å². The van der Waals surface area contributed by atoms with E-state index in [0.29, 0.717) is 17.7 Å². The number of carbonyl (C=O) groups excluding carboxylic acids is 1. The highest BCUT2D eigenvalue weighted by Crippen LogP contribution is 2.04. The van der Waals surface area contributed by atoms with Gasteiger partial charge in [0, 0.05) is 11.8 Å². The summed E-state index contributed by atoms with van der Waals surface area (Å²) >= 11 is 0. The highest BCUT2D eigenvalue weighted by molar-refractivity contribution is 5.94. The molecule has 4 nitrogen and oxygen atoms in total. The molecule has 1 aromatic heterocycles. The Bertz CT molecular complexity index is 587. The summed E-state index contributed by atoms with van der Waals surface area (Å²) in [6, 6.07) is 14.1. The lowest BCUT2D eigenvalue weighted by atomic mass is 10.1. The van der Waals surface area contributed by atoms with Crippen molar-refractivity contribution in [3.8, 4) is 6.07 Å². The van der Waals surface area contributed by atoms with Crippen molar-refractivity contribution in [3.05, 3.63) is 65.5 Å². The molecule has 1 heterocycles. The molecule has 0 atom stereocenters. The fourth-order valence-corrected chi connectivity index (χ4v) is 1.51. The summed E-state index contributed by atoms with van der Waals surface area (Å²) in [5, 5.41) is 11.5. The summed E-state index contributed by atoms with van der Waals surface area (Å²) < 4.78 is 0. The maximum absolute atomic E-state index is 11.8. The average molecular weight is 237 g/mol. The minimum atomic E-state index is -0.210. The molecule has 1 aromatic carbocycles. The first-order chi connectivity index (χ1) is 8.79. The Kier molecular flexibility index (Phi) is 3.67. The lowest BCUT2D eigenvalue weighted by Gasteiger charge is -2.04. The largest absolute Gasteiger partial charge is 0.346 e. The van der Waals surface area contributed by atoms with Crippen LogP contribution in [0.4, 0.5) is 0 Å². The molecule has 0 saturated carbocycles. The second-order valence-corrected chi connectivity index (χ2v) is 3.70. The van der Waals surface area contributed by atoms with E-state index in [4.69, 9.17) is 5.26 Å². The Morgan fingerprint density at radius 2 is 2.17 bits per heavy atom. The monoisotopic (exact) mass is 237 g/mol. The van der Waals surface area contributed by atoms with Crippen LogP contribution in [0.15, 0.2) is 48.7 Å². The summed E-state index contributed by atoms with van der Waals surface area (Å²) in [4.78, 5) is 15.9. The van der Waals surface area contributed by atoms with Gasteiger partial charge >= 0.3 is 0 Å². The highest BCUT2D eigenvalue weighted by Gasteiger charge is 2.05. The molecule has 0 saturated heterocycles. The Hall–Kier alpha value is -2.67. The van der Waals surface area contributed by atoms with Crippen LogP contribution in [0.25, 0.3) is 0 Å². The van der Waals surface area contributed by atoms with Crippen LogP contribution in [-0.2, 0) is 6.54 Å². The van der Waals surface area contributed by atoms with E-state index in [1.807, 2.05) is 24.3 Å². The average Bonchev–Trinajstić information content (AvgIpc) is 2.46. The van der Waals surface area contributed by atoms with E-state index in [1.54, 1.807) is 30.5 Å². The normalized spacial score (nSPS) is 9.50. The highest BCUT2D eigenvalue weighted by atomic mass is 16.1. The third kappa shape index (κ3) is 2.92. The van der Waals surface area contributed by atoms with Gasteiger partial charge in [-0.2, -0.15) is 5.26 Å². The SMILES string of the molecule is N#Cc1cccc(C(=O)NCc2ccccn2)c1. The van der Waals surface area contributed by atoms with Crippen molar-refractivity contribution in [1.82, 2.24) is 10.3 Å². The molecule has 0 unspecified atom stereocenters. The van der Waals surface area contributed by atoms with Gasteiger partial charge in [-0.05, 0) is 30.3 Å². The van der Waals surface area contributed by atoms with Gasteiger partial charge in [0.25, 0.3) is 5.91 Å². The van der Waals surface area contributed by atoms with E-state index in [2.05, 4.69) is 10.3 Å². The number of carbonyl (C=O) groups is 1. The van der Waals surface area contributed by atoms with Gasteiger partial charge in [0.05, 0.1) is 23.9 Å². The number of nitrogens with zero attached hydrogens (tertiary/aromatic N) is 2. The van der Waals surface area contributed by atoms with Crippen LogP contribution in [0.2, 0.25) is 0 Å². The molecule has 2 rings (SSSR count). The number of pyridine rings is 1. The molecule has 0 aliphatic rings. The predicted molar refractivity (Wildman–Crippen MR) is 66.6 cm³/mol. The quantitative estimate of drug-likeness (QED) is 0.886. The van der Waals surface area contributed by atoms with Gasteiger partial charge in [-0.25, -0.2) is 0 Å².